The van der Waals surface area contributed by atoms with Crippen LogP contribution in [0, 0.1) is 33.1 Å². The highest BCUT2D eigenvalue weighted by atomic mass is 19.1. The number of nitriles is 1. The molecule has 0 aliphatic heterocycles. The summed E-state index contributed by atoms with van der Waals surface area (Å²) in [7, 11) is 0. The van der Waals surface area contributed by atoms with Gasteiger partial charge < -0.3 is 4.74 Å². The summed E-state index contributed by atoms with van der Waals surface area (Å²) in [5, 5.41) is 19.5. The van der Waals surface area contributed by atoms with E-state index in [1.165, 1.54) is 6.07 Å². The van der Waals surface area contributed by atoms with Crippen LogP contribution < -0.4 is 4.74 Å². The topological polar surface area (TPSA) is 76.2 Å². The van der Waals surface area contributed by atoms with E-state index in [0.29, 0.717) is 0 Å². The zero-order chi connectivity index (χ0) is 14.7. The molecule has 0 amide bonds. The molecular weight excluding hydrogens is 270 g/mol. The average Bonchev–Trinajstić information content (AvgIpc) is 2.43. The number of non-ortho nitro benzene ring substituents is 1. The van der Waals surface area contributed by atoms with E-state index in [0.717, 1.165) is 30.3 Å². The first-order chi connectivity index (χ1) is 9.52. The molecule has 7 heteroatoms. The third-order valence-electron chi connectivity index (χ3n) is 2.43. The van der Waals surface area contributed by atoms with Crippen LogP contribution in [0.2, 0.25) is 0 Å². The lowest BCUT2D eigenvalue weighted by atomic mass is 10.2. The summed E-state index contributed by atoms with van der Waals surface area (Å²) in [5.74, 6) is -2.71. The van der Waals surface area contributed by atoms with E-state index >= 15 is 0 Å². The second-order valence-electron chi connectivity index (χ2n) is 3.70. The van der Waals surface area contributed by atoms with Crippen LogP contribution >= 0.6 is 0 Å². The molecule has 0 aromatic heterocycles. The van der Waals surface area contributed by atoms with Gasteiger partial charge in [0.25, 0.3) is 5.69 Å². The SMILES string of the molecule is N#Cc1cc([N+](=O)[O-])ccc1Oc1c(F)cccc1F. The van der Waals surface area contributed by atoms with Gasteiger partial charge >= 0.3 is 0 Å². The van der Waals surface area contributed by atoms with Gasteiger partial charge in [-0.05, 0) is 18.2 Å². The number of nitro groups is 1. The fourth-order valence-electron chi connectivity index (χ4n) is 1.50. The van der Waals surface area contributed by atoms with Crippen LogP contribution in [-0.2, 0) is 0 Å². The maximum Gasteiger partial charge on any atom is 0.271 e. The standard InChI is InChI=1S/C13H6F2N2O3/c14-10-2-1-3-11(15)13(10)20-12-5-4-9(17(18)19)6-8(12)7-16/h1-6H. The highest BCUT2D eigenvalue weighted by molar-refractivity contribution is 5.51. The molecule has 100 valence electrons. The molecule has 0 atom stereocenters. The smallest absolute Gasteiger partial charge is 0.271 e. The minimum atomic E-state index is -0.938. The number of hydrogen-bond acceptors (Lipinski definition) is 4. The molecule has 0 heterocycles. The highest BCUT2D eigenvalue weighted by Crippen LogP contribution is 2.31. The van der Waals surface area contributed by atoms with Crippen LogP contribution in [0.25, 0.3) is 0 Å². The lowest BCUT2D eigenvalue weighted by molar-refractivity contribution is -0.384. The quantitative estimate of drug-likeness (QED) is 0.634. The fourth-order valence-corrected chi connectivity index (χ4v) is 1.50. The number of ether oxygens (including phenoxy) is 1. The minimum Gasteiger partial charge on any atom is -0.450 e. The predicted octanol–water partition coefficient (Wildman–Crippen LogP) is 3.54. The Morgan fingerprint density at radius 3 is 2.40 bits per heavy atom. The van der Waals surface area contributed by atoms with Crippen molar-refractivity contribution in [2.45, 2.75) is 0 Å². The predicted molar refractivity (Wildman–Crippen MR) is 64.2 cm³/mol. The number of nitro benzene ring substituents is 1. The fraction of sp³-hybridized carbons (Fsp3) is 0. The molecule has 0 radical (unpaired) electrons. The third kappa shape index (κ3) is 2.54. The summed E-state index contributed by atoms with van der Waals surface area (Å²) in [6.07, 6.45) is 0. The molecule has 0 saturated carbocycles. The molecular formula is C13H6F2N2O3. The lowest BCUT2D eigenvalue weighted by Crippen LogP contribution is -1.96. The van der Waals surface area contributed by atoms with Crippen LogP contribution in [0.3, 0.4) is 0 Å². The summed E-state index contributed by atoms with van der Waals surface area (Å²) in [6.45, 7) is 0. The Morgan fingerprint density at radius 2 is 1.85 bits per heavy atom. The van der Waals surface area contributed by atoms with Gasteiger partial charge in [-0.1, -0.05) is 6.07 Å². The van der Waals surface area contributed by atoms with Crippen LogP contribution in [0.1, 0.15) is 5.56 Å². The number of para-hydroxylation sites is 1. The van der Waals surface area contributed by atoms with Crippen molar-refractivity contribution in [2.75, 3.05) is 0 Å². The molecule has 0 N–H and O–H groups in total. The Bertz CT molecular complexity index is 706. The van der Waals surface area contributed by atoms with Gasteiger partial charge in [0.1, 0.15) is 17.4 Å². The van der Waals surface area contributed by atoms with Gasteiger partial charge in [0.2, 0.25) is 0 Å². The molecule has 0 aliphatic rings. The summed E-state index contributed by atoms with van der Waals surface area (Å²) in [6, 6.07) is 7.99. The molecule has 5 nitrogen and oxygen atoms in total. The monoisotopic (exact) mass is 276 g/mol. The maximum absolute atomic E-state index is 13.4. The van der Waals surface area contributed by atoms with Gasteiger partial charge in [-0.15, -0.1) is 0 Å². The Labute approximate surface area is 111 Å². The van der Waals surface area contributed by atoms with Gasteiger partial charge in [0.05, 0.1) is 4.92 Å². The van der Waals surface area contributed by atoms with Gasteiger partial charge in [-0.2, -0.15) is 5.26 Å². The van der Waals surface area contributed by atoms with Crippen molar-refractivity contribution in [3.05, 3.63) is 63.7 Å². The van der Waals surface area contributed by atoms with Gasteiger partial charge in [-0.3, -0.25) is 10.1 Å². The number of hydrogen-bond donors (Lipinski definition) is 0. The molecule has 20 heavy (non-hydrogen) atoms. The van der Waals surface area contributed by atoms with Crippen molar-refractivity contribution >= 4 is 5.69 Å². The first kappa shape index (κ1) is 13.4. The van der Waals surface area contributed by atoms with Crippen LogP contribution in [0.5, 0.6) is 11.5 Å². The van der Waals surface area contributed by atoms with Crippen molar-refractivity contribution in [1.82, 2.24) is 0 Å². The number of halogens is 2. The minimum absolute atomic E-state index is 0.165. The Hall–Kier alpha value is -3.01. The van der Waals surface area contributed by atoms with Crippen LogP contribution in [-0.4, -0.2) is 4.92 Å². The molecule has 2 aromatic carbocycles. The Kier molecular flexibility index (Phi) is 3.57. The van der Waals surface area contributed by atoms with Crippen molar-refractivity contribution < 1.29 is 18.4 Å². The Balaban J connectivity index is 2.44. The average molecular weight is 276 g/mol. The van der Waals surface area contributed by atoms with E-state index in [1.807, 2.05) is 0 Å². The van der Waals surface area contributed by atoms with E-state index in [2.05, 4.69) is 0 Å². The van der Waals surface area contributed by atoms with Crippen molar-refractivity contribution in [2.24, 2.45) is 0 Å². The van der Waals surface area contributed by atoms with Crippen LogP contribution in [0.4, 0.5) is 14.5 Å². The molecule has 0 unspecified atom stereocenters. The summed E-state index contributed by atoms with van der Waals surface area (Å²) < 4.78 is 31.8. The van der Waals surface area contributed by atoms with Gasteiger partial charge in [0.15, 0.2) is 17.4 Å². The normalized spacial score (nSPS) is 9.85. The first-order valence-electron chi connectivity index (χ1n) is 5.33. The summed E-state index contributed by atoms with van der Waals surface area (Å²) in [5.41, 5.74) is -0.509. The molecule has 0 saturated heterocycles. The molecule has 0 spiro atoms. The second-order valence-corrected chi connectivity index (χ2v) is 3.70. The lowest BCUT2D eigenvalue weighted by Gasteiger charge is -2.08. The summed E-state index contributed by atoms with van der Waals surface area (Å²) in [4.78, 5) is 9.90. The van der Waals surface area contributed by atoms with E-state index in [4.69, 9.17) is 10.00 Å². The number of benzene rings is 2. The van der Waals surface area contributed by atoms with E-state index in [-0.39, 0.29) is 17.0 Å². The molecule has 0 bridgehead atoms. The second kappa shape index (κ2) is 5.32. The van der Waals surface area contributed by atoms with E-state index < -0.39 is 22.3 Å². The Morgan fingerprint density at radius 1 is 1.20 bits per heavy atom. The number of rotatable bonds is 3. The van der Waals surface area contributed by atoms with Gasteiger partial charge in [0, 0.05) is 12.1 Å². The molecule has 0 fully saturated rings. The number of nitrogens with zero attached hydrogens (tertiary/aromatic N) is 2. The largest absolute Gasteiger partial charge is 0.450 e. The van der Waals surface area contributed by atoms with Gasteiger partial charge in [-0.25, -0.2) is 8.78 Å². The maximum atomic E-state index is 13.4. The third-order valence-corrected chi connectivity index (χ3v) is 2.43. The zero-order valence-electron chi connectivity index (χ0n) is 9.84. The van der Waals surface area contributed by atoms with Crippen LogP contribution in [0.15, 0.2) is 36.4 Å². The molecule has 2 rings (SSSR count). The summed E-state index contributed by atoms with van der Waals surface area (Å²) >= 11 is 0. The first-order valence-corrected chi connectivity index (χ1v) is 5.33. The van der Waals surface area contributed by atoms with Crippen molar-refractivity contribution in [3.63, 3.8) is 0 Å². The van der Waals surface area contributed by atoms with E-state index in [1.54, 1.807) is 6.07 Å². The zero-order valence-corrected chi connectivity index (χ0v) is 9.84. The molecule has 0 aliphatic carbocycles. The molecule has 2 aromatic rings. The highest BCUT2D eigenvalue weighted by Gasteiger charge is 2.16. The van der Waals surface area contributed by atoms with Crippen molar-refractivity contribution in [3.8, 4) is 17.6 Å². The van der Waals surface area contributed by atoms with E-state index in [9.17, 15) is 18.9 Å². The van der Waals surface area contributed by atoms with Crippen molar-refractivity contribution in [1.29, 1.82) is 5.26 Å².